The number of anilines is 1. The highest BCUT2D eigenvalue weighted by molar-refractivity contribution is 5.65. The van der Waals surface area contributed by atoms with Gasteiger partial charge in [-0.15, -0.1) is 0 Å². The molecule has 2 rings (SSSR count). The first-order chi connectivity index (χ1) is 10.0. The van der Waals surface area contributed by atoms with Gasteiger partial charge in [-0.25, -0.2) is 0 Å². The van der Waals surface area contributed by atoms with Crippen LogP contribution in [0.4, 0.5) is 17.1 Å². The van der Waals surface area contributed by atoms with E-state index >= 15 is 0 Å². The zero-order valence-electron chi connectivity index (χ0n) is 11.8. The summed E-state index contributed by atoms with van der Waals surface area (Å²) >= 11 is 0. The van der Waals surface area contributed by atoms with E-state index in [2.05, 4.69) is 17.1 Å². The summed E-state index contributed by atoms with van der Waals surface area (Å²) in [5, 5.41) is 24.9. The standard InChI is InChI=1S/C13H18N4O4/c1-2-15-7-5-10(6-8-15)14-12-4-3-11(16(18)19)9-13(12)17(20)21/h3-4,9-10,14H,2,5-8H2,1H3. The number of rotatable bonds is 5. The fraction of sp³-hybridized carbons (Fsp3) is 0.538. The topological polar surface area (TPSA) is 102 Å². The molecule has 1 aromatic carbocycles. The molecule has 21 heavy (non-hydrogen) atoms. The number of benzene rings is 1. The van der Waals surface area contributed by atoms with Crippen LogP contribution in [-0.2, 0) is 0 Å². The molecule has 1 N–H and O–H groups in total. The maximum atomic E-state index is 11.1. The van der Waals surface area contributed by atoms with Gasteiger partial charge in [-0.3, -0.25) is 20.2 Å². The second-order valence-electron chi connectivity index (χ2n) is 5.07. The molecule has 1 aliphatic rings. The average Bonchev–Trinajstić information content (AvgIpc) is 2.48. The first kappa shape index (κ1) is 15.2. The summed E-state index contributed by atoms with van der Waals surface area (Å²) in [6, 6.07) is 3.87. The van der Waals surface area contributed by atoms with E-state index in [-0.39, 0.29) is 17.4 Å². The van der Waals surface area contributed by atoms with Gasteiger partial charge in [0.1, 0.15) is 5.69 Å². The second-order valence-corrected chi connectivity index (χ2v) is 5.07. The van der Waals surface area contributed by atoms with Crippen LogP contribution in [0, 0.1) is 20.2 Å². The first-order valence-corrected chi connectivity index (χ1v) is 6.93. The van der Waals surface area contributed by atoms with Gasteiger partial charge in [-0.1, -0.05) is 6.92 Å². The largest absolute Gasteiger partial charge is 0.377 e. The van der Waals surface area contributed by atoms with Crippen molar-refractivity contribution in [2.75, 3.05) is 25.0 Å². The third-order valence-corrected chi connectivity index (χ3v) is 3.78. The lowest BCUT2D eigenvalue weighted by atomic mass is 10.0. The zero-order chi connectivity index (χ0) is 15.4. The third-order valence-electron chi connectivity index (χ3n) is 3.78. The molecule has 0 atom stereocenters. The van der Waals surface area contributed by atoms with Gasteiger partial charge in [0.25, 0.3) is 11.4 Å². The van der Waals surface area contributed by atoms with Crippen LogP contribution in [0.3, 0.4) is 0 Å². The Morgan fingerprint density at radius 2 is 1.90 bits per heavy atom. The van der Waals surface area contributed by atoms with Crippen LogP contribution in [0.1, 0.15) is 19.8 Å². The number of non-ortho nitro benzene ring substituents is 1. The molecule has 0 amide bonds. The molecule has 1 aromatic rings. The fourth-order valence-corrected chi connectivity index (χ4v) is 2.52. The molecule has 0 radical (unpaired) electrons. The van der Waals surface area contributed by atoms with E-state index in [1.807, 2.05) is 0 Å². The molecule has 8 heteroatoms. The monoisotopic (exact) mass is 294 g/mol. The highest BCUT2D eigenvalue weighted by Gasteiger charge is 2.23. The Morgan fingerprint density at radius 1 is 1.24 bits per heavy atom. The summed E-state index contributed by atoms with van der Waals surface area (Å²) in [6.45, 7) is 5.02. The summed E-state index contributed by atoms with van der Waals surface area (Å²) in [4.78, 5) is 22.9. The van der Waals surface area contributed by atoms with E-state index in [1.165, 1.54) is 12.1 Å². The van der Waals surface area contributed by atoms with Crippen LogP contribution < -0.4 is 5.32 Å². The average molecular weight is 294 g/mol. The Kier molecular flexibility index (Phi) is 4.69. The summed E-state index contributed by atoms with van der Waals surface area (Å²) in [5.74, 6) is 0. The number of nitrogens with one attached hydrogen (secondary N) is 1. The molecular formula is C13H18N4O4. The normalized spacial score (nSPS) is 16.6. The minimum absolute atomic E-state index is 0.160. The second kappa shape index (κ2) is 6.49. The van der Waals surface area contributed by atoms with Crippen molar-refractivity contribution in [1.82, 2.24) is 4.90 Å². The summed E-state index contributed by atoms with van der Waals surface area (Å²) in [6.07, 6.45) is 1.81. The van der Waals surface area contributed by atoms with Crippen molar-refractivity contribution in [3.8, 4) is 0 Å². The van der Waals surface area contributed by atoms with Crippen LogP contribution in [0.5, 0.6) is 0 Å². The number of piperidine rings is 1. The van der Waals surface area contributed by atoms with Crippen molar-refractivity contribution in [3.05, 3.63) is 38.4 Å². The van der Waals surface area contributed by atoms with Crippen molar-refractivity contribution >= 4 is 17.1 Å². The molecule has 0 saturated carbocycles. The van der Waals surface area contributed by atoms with Gasteiger partial charge in [0.05, 0.1) is 15.9 Å². The summed E-state index contributed by atoms with van der Waals surface area (Å²) < 4.78 is 0. The lowest BCUT2D eigenvalue weighted by Crippen LogP contribution is -2.38. The van der Waals surface area contributed by atoms with E-state index in [0.29, 0.717) is 5.69 Å². The van der Waals surface area contributed by atoms with Gasteiger partial charge >= 0.3 is 0 Å². The maximum absolute atomic E-state index is 11.1. The summed E-state index contributed by atoms with van der Waals surface area (Å²) in [5.41, 5.74) is -0.171. The Balaban J connectivity index is 2.13. The van der Waals surface area contributed by atoms with Crippen LogP contribution in [0.25, 0.3) is 0 Å². The molecule has 1 heterocycles. The third kappa shape index (κ3) is 3.66. The van der Waals surface area contributed by atoms with Gasteiger partial charge in [0, 0.05) is 25.2 Å². The first-order valence-electron chi connectivity index (χ1n) is 6.93. The van der Waals surface area contributed by atoms with Gasteiger partial charge < -0.3 is 10.2 Å². The Bertz CT molecular complexity index is 541. The smallest absolute Gasteiger partial charge is 0.299 e. The van der Waals surface area contributed by atoms with Gasteiger partial charge in [0.2, 0.25) is 0 Å². The molecule has 8 nitrogen and oxygen atoms in total. The SMILES string of the molecule is CCN1CCC(Nc2ccc([N+](=O)[O-])cc2[N+](=O)[O-])CC1. The molecule has 1 aliphatic heterocycles. The maximum Gasteiger partial charge on any atom is 0.299 e. The van der Waals surface area contributed by atoms with E-state index < -0.39 is 9.85 Å². The molecule has 1 fully saturated rings. The van der Waals surface area contributed by atoms with E-state index in [0.717, 1.165) is 38.5 Å². The molecule has 0 aromatic heterocycles. The van der Waals surface area contributed by atoms with Gasteiger partial charge in [-0.05, 0) is 25.5 Å². The quantitative estimate of drug-likeness (QED) is 0.661. The number of nitro groups is 2. The van der Waals surface area contributed by atoms with Crippen LogP contribution >= 0.6 is 0 Å². The van der Waals surface area contributed by atoms with Crippen LogP contribution in [0.15, 0.2) is 18.2 Å². The number of nitro benzene ring substituents is 2. The van der Waals surface area contributed by atoms with Crippen molar-refractivity contribution in [1.29, 1.82) is 0 Å². The van der Waals surface area contributed by atoms with E-state index in [4.69, 9.17) is 0 Å². The lowest BCUT2D eigenvalue weighted by molar-refractivity contribution is -0.393. The fourth-order valence-electron chi connectivity index (χ4n) is 2.52. The Morgan fingerprint density at radius 3 is 2.43 bits per heavy atom. The number of hydrogen-bond acceptors (Lipinski definition) is 6. The molecule has 0 aliphatic carbocycles. The lowest BCUT2D eigenvalue weighted by Gasteiger charge is -2.31. The minimum Gasteiger partial charge on any atom is -0.377 e. The van der Waals surface area contributed by atoms with Gasteiger partial charge in [0.15, 0.2) is 0 Å². The highest BCUT2D eigenvalue weighted by atomic mass is 16.6. The van der Waals surface area contributed by atoms with Crippen molar-refractivity contribution < 1.29 is 9.85 Å². The zero-order valence-corrected chi connectivity index (χ0v) is 11.8. The van der Waals surface area contributed by atoms with Crippen molar-refractivity contribution in [2.45, 2.75) is 25.8 Å². The van der Waals surface area contributed by atoms with Gasteiger partial charge in [-0.2, -0.15) is 0 Å². The summed E-state index contributed by atoms with van der Waals surface area (Å²) in [7, 11) is 0. The highest BCUT2D eigenvalue weighted by Crippen LogP contribution is 2.30. The minimum atomic E-state index is -0.628. The van der Waals surface area contributed by atoms with Crippen molar-refractivity contribution in [3.63, 3.8) is 0 Å². The van der Waals surface area contributed by atoms with E-state index in [9.17, 15) is 20.2 Å². The number of likely N-dealkylation sites (tertiary alicyclic amines) is 1. The predicted octanol–water partition coefficient (Wildman–Crippen LogP) is 2.40. The number of nitrogens with zero attached hydrogens (tertiary/aromatic N) is 3. The Hall–Kier alpha value is -2.22. The molecule has 0 unspecified atom stereocenters. The molecule has 0 spiro atoms. The molecule has 0 bridgehead atoms. The van der Waals surface area contributed by atoms with E-state index in [1.54, 1.807) is 0 Å². The Labute approximate surface area is 122 Å². The van der Waals surface area contributed by atoms with Crippen molar-refractivity contribution in [2.24, 2.45) is 0 Å². The van der Waals surface area contributed by atoms with Crippen LogP contribution in [0.2, 0.25) is 0 Å². The molecular weight excluding hydrogens is 276 g/mol. The van der Waals surface area contributed by atoms with Crippen LogP contribution in [-0.4, -0.2) is 40.4 Å². The predicted molar refractivity (Wildman–Crippen MR) is 78.5 cm³/mol. The molecule has 1 saturated heterocycles. The number of hydrogen-bond donors (Lipinski definition) is 1. The molecule has 114 valence electrons.